The topological polar surface area (TPSA) is 3.24 Å². The highest BCUT2D eigenvalue weighted by Crippen LogP contribution is 2.41. The quantitative estimate of drug-likeness (QED) is 0.579. The molecule has 0 heterocycles. The molecule has 1 nitrogen and oxygen atoms in total. The number of nitrogens with zero attached hydrogens (tertiary/aromatic N) is 1. The molecule has 0 spiro atoms. The van der Waals surface area contributed by atoms with E-state index in [2.05, 4.69) is 81.2 Å². The molecule has 0 bridgehead atoms. The molecule has 0 atom stereocenters. The maximum Gasteiger partial charge on any atom is 0.0150 e. The summed E-state index contributed by atoms with van der Waals surface area (Å²) in [5.41, 5.74) is 1.47. The average Bonchev–Trinajstić information content (AvgIpc) is 2.20. The highest BCUT2D eigenvalue weighted by atomic mass is 15.2. The van der Waals surface area contributed by atoms with Gasteiger partial charge in [-0.15, -0.1) is 0 Å². The van der Waals surface area contributed by atoms with Gasteiger partial charge in [0.05, 0.1) is 0 Å². The second-order valence-corrected chi connectivity index (χ2v) is 10.2. The molecule has 0 radical (unpaired) electrons. The van der Waals surface area contributed by atoms with Gasteiger partial charge in [-0.3, -0.25) is 0 Å². The molecule has 0 saturated carbocycles. The number of hydrogen-bond acceptors (Lipinski definition) is 1. The minimum atomic E-state index is 0.293. The van der Waals surface area contributed by atoms with E-state index in [0.29, 0.717) is 21.8 Å². The van der Waals surface area contributed by atoms with Crippen molar-refractivity contribution in [2.45, 2.75) is 94.0 Å². The average molecular weight is 284 g/mol. The van der Waals surface area contributed by atoms with Crippen molar-refractivity contribution < 1.29 is 0 Å². The summed E-state index contributed by atoms with van der Waals surface area (Å²) in [6.07, 6.45) is 3.81. The van der Waals surface area contributed by atoms with Gasteiger partial charge in [-0.25, -0.2) is 0 Å². The van der Waals surface area contributed by atoms with Crippen LogP contribution in [0.4, 0.5) is 0 Å². The fourth-order valence-electron chi connectivity index (χ4n) is 2.00. The molecule has 0 saturated heterocycles. The fourth-order valence-corrected chi connectivity index (χ4v) is 2.00. The maximum absolute atomic E-state index is 2.56. The summed E-state index contributed by atoms with van der Waals surface area (Å²) in [6, 6.07) is 0. The first-order chi connectivity index (χ1) is 8.58. The van der Waals surface area contributed by atoms with Crippen LogP contribution < -0.4 is 0 Å². The summed E-state index contributed by atoms with van der Waals surface area (Å²) in [5.74, 6) is 0. The van der Waals surface area contributed by atoms with Crippen molar-refractivity contribution in [3.05, 3.63) is 0 Å². The van der Waals surface area contributed by atoms with Crippen LogP contribution in [0.2, 0.25) is 0 Å². The zero-order valence-corrected chi connectivity index (χ0v) is 16.3. The van der Waals surface area contributed by atoms with Gasteiger partial charge in [0.25, 0.3) is 0 Å². The van der Waals surface area contributed by atoms with E-state index in [-0.39, 0.29) is 0 Å². The monoisotopic (exact) mass is 283 g/mol. The molecule has 20 heavy (non-hydrogen) atoms. The summed E-state index contributed by atoms with van der Waals surface area (Å²) in [6.45, 7) is 24.9. The van der Waals surface area contributed by atoms with E-state index in [1.807, 2.05) is 0 Å². The van der Waals surface area contributed by atoms with E-state index in [0.717, 1.165) is 0 Å². The minimum Gasteiger partial charge on any atom is -0.301 e. The molecule has 0 aliphatic heterocycles. The normalized spacial score (nSPS) is 15.0. The Bertz CT molecular complexity index is 286. The van der Waals surface area contributed by atoms with Crippen molar-refractivity contribution in [3.8, 4) is 0 Å². The van der Waals surface area contributed by atoms with E-state index in [1.165, 1.54) is 25.8 Å². The third-order valence-electron chi connectivity index (χ3n) is 5.62. The molecular weight excluding hydrogens is 242 g/mol. The third kappa shape index (κ3) is 6.61. The van der Waals surface area contributed by atoms with Crippen molar-refractivity contribution in [1.82, 2.24) is 4.90 Å². The lowest BCUT2D eigenvalue weighted by Crippen LogP contribution is -2.44. The standard InChI is InChI=1S/C19H41N/c1-16(2,3)12-13-19(9,10)20(11)15-14-18(7,8)17(4,5)6/h12-15H2,1-11H3. The molecule has 0 unspecified atom stereocenters. The highest BCUT2D eigenvalue weighted by molar-refractivity contribution is 4.86. The third-order valence-corrected chi connectivity index (χ3v) is 5.62. The molecule has 0 aromatic rings. The molecule has 1 heteroatoms. The van der Waals surface area contributed by atoms with Crippen LogP contribution >= 0.6 is 0 Å². The predicted octanol–water partition coefficient (Wildman–Crippen LogP) is 5.99. The van der Waals surface area contributed by atoms with Gasteiger partial charge in [-0.2, -0.15) is 0 Å². The van der Waals surface area contributed by atoms with Crippen LogP contribution in [0.15, 0.2) is 0 Å². The van der Waals surface area contributed by atoms with Crippen LogP contribution in [-0.2, 0) is 0 Å². The number of rotatable bonds is 6. The van der Waals surface area contributed by atoms with Crippen LogP contribution in [0.5, 0.6) is 0 Å². The Labute approximate surface area is 129 Å². The van der Waals surface area contributed by atoms with Crippen molar-refractivity contribution in [2.24, 2.45) is 16.2 Å². The van der Waals surface area contributed by atoms with Crippen LogP contribution in [0.25, 0.3) is 0 Å². The molecule has 0 N–H and O–H groups in total. The highest BCUT2D eigenvalue weighted by Gasteiger charge is 2.34. The van der Waals surface area contributed by atoms with Crippen LogP contribution in [-0.4, -0.2) is 24.0 Å². The largest absolute Gasteiger partial charge is 0.301 e. The van der Waals surface area contributed by atoms with E-state index in [9.17, 15) is 0 Å². The van der Waals surface area contributed by atoms with Gasteiger partial charge in [0.15, 0.2) is 0 Å². The second-order valence-electron chi connectivity index (χ2n) is 10.2. The Morgan fingerprint density at radius 3 is 1.45 bits per heavy atom. The summed E-state index contributed by atoms with van der Waals surface area (Å²) in [7, 11) is 2.29. The van der Waals surface area contributed by atoms with E-state index in [1.54, 1.807) is 0 Å². The second kappa shape index (κ2) is 6.38. The fraction of sp³-hybridized carbons (Fsp3) is 1.00. The van der Waals surface area contributed by atoms with E-state index >= 15 is 0 Å². The lowest BCUT2D eigenvalue weighted by Gasteiger charge is -2.43. The summed E-state index contributed by atoms with van der Waals surface area (Å²) < 4.78 is 0. The Balaban J connectivity index is 4.50. The van der Waals surface area contributed by atoms with E-state index < -0.39 is 0 Å². The lowest BCUT2D eigenvalue weighted by atomic mass is 9.67. The first-order valence-corrected chi connectivity index (χ1v) is 8.30. The van der Waals surface area contributed by atoms with Gasteiger partial charge < -0.3 is 4.90 Å². The van der Waals surface area contributed by atoms with Crippen molar-refractivity contribution in [1.29, 1.82) is 0 Å². The Morgan fingerprint density at radius 1 is 0.650 bits per heavy atom. The van der Waals surface area contributed by atoms with Crippen molar-refractivity contribution in [2.75, 3.05) is 13.6 Å². The van der Waals surface area contributed by atoms with Gasteiger partial charge >= 0.3 is 0 Å². The molecule has 0 aromatic heterocycles. The molecule has 0 fully saturated rings. The smallest absolute Gasteiger partial charge is 0.0150 e. The minimum absolute atomic E-state index is 0.293. The maximum atomic E-state index is 2.56. The summed E-state index contributed by atoms with van der Waals surface area (Å²) >= 11 is 0. The molecule has 122 valence electrons. The van der Waals surface area contributed by atoms with Gasteiger partial charge in [0.1, 0.15) is 0 Å². The van der Waals surface area contributed by atoms with Gasteiger partial charge in [-0.1, -0.05) is 55.4 Å². The summed E-state index contributed by atoms with van der Waals surface area (Å²) in [5, 5.41) is 0. The molecule has 0 aliphatic carbocycles. The van der Waals surface area contributed by atoms with Gasteiger partial charge in [0.2, 0.25) is 0 Å². The molecule has 0 rings (SSSR count). The zero-order chi connectivity index (χ0) is 16.4. The Morgan fingerprint density at radius 2 is 1.10 bits per heavy atom. The Kier molecular flexibility index (Phi) is 6.37. The van der Waals surface area contributed by atoms with Crippen molar-refractivity contribution >= 4 is 0 Å². The van der Waals surface area contributed by atoms with Gasteiger partial charge in [0, 0.05) is 5.54 Å². The van der Waals surface area contributed by atoms with Crippen LogP contribution in [0.1, 0.15) is 88.5 Å². The lowest BCUT2D eigenvalue weighted by molar-refractivity contribution is 0.0684. The molecule has 0 amide bonds. The SMILES string of the molecule is CN(CCC(C)(C)C(C)(C)C)C(C)(C)CCC(C)(C)C. The first-order valence-electron chi connectivity index (χ1n) is 8.30. The Hall–Kier alpha value is -0.0400. The van der Waals surface area contributed by atoms with Crippen LogP contribution in [0.3, 0.4) is 0 Å². The number of hydrogen-bond donors (Lipinski definition) is 0. The first kappa shape index (κ1) is 20.0. The zero-order valence-electron chi connectivity index (χ0n) is 16.3. The molecular formula is C19H41N. The molecule has 0 aliphatic rings. The van der Waals surface area contributed by atoms with E-state index in [4.69, 9.17) is 0 Å². The van der Waals surface area contributed by atoms with Gasteiger partial charge in [-0.05, 0) is 62.9 Å². The molecule has 0 aromatic carbocycles. The van der Waals surface area contributed by atoms with Crippen molar-refractivity contribution in [3.63, 3.8) is 0 Å². The predicted molar refractivity (Wildman–Crippen MR) is 93.3 cm³/mol. The van der Waals surface area contributed by atoms with Crippen LogP contribution in [0, 0.1) is 16.2 Å². The summed E-state index contributed by atoms with van der Waals surface area (Å²) in [4.78, 5) is 2.56.